The van der Waals surface area contributed by atoms with Crippen LogP contribution in [0.25, 0.3) is 0 Å². The molecule has 3 aliphatic rings. The average molecular weight is 330 g/mol. The fourth-order valence-electron chi connectivity index (χ4n) is 4.32. The second kappa shape index (κ2) is 6.73. The highest BCUT2D eigenvalue weighted by molar-refractivity contribution is 5.80. The van der Waals surface area contributed by atoms with Crippen molar-refractivity contribution >= 4 is 5.96 Å². The standard InChI is InChI=1S/C18H30N6/c1-12-22-23-17(24(12)2)11-19-18(20-15-8-9-15)21-16-7-6-13-4-3-5-14(13)10-16/h13-16H,3-11H2,1-2H3,(H2,19,20,21). The van der Waals surface area contributed by atoms with Gasteiger partial charge in [0.2, 0.25) is 0 Å². The van der Waals surface area contributed by atoms with Crippen LogP contribution in [0.3, 0.4) is 0 Å². The van der Waals surface area contributed by atoms with E-state index in [1.807, 2.05) is 18.5 Å². The summed E-state index contributed by atoms with van der Waals surface area (Å²) in [5.74, 6) is 4.77. The number of rotatable bonds is 4. The van der Waals surface area contributed by atoms with Crippen LogP contribution in [0.4, 0.5) is 0 Å². The first kappa shape index (κ1) is 15.9. The highest BCUT2D eigenvalue weighted by atomic mass is 15.3. The van der Waals surface area contributed by atoms with E-state index in [0.29, 0.717) is 18.6 Å². The van der Waals surface area contributed by atoms with Crippen molar-refractivity contribution in [2.75, 3.05) is 0 Å². The monoisotopic (exact) mass is 330 g/mol. The first-order valence-electron chi connectivity index (χ1n) is 9.61. The number of aryl methyl sites for hydroxylation is 1. The van der Waals surface area contributed by atoms with Gasteiger partial charge in [0.15, 0.2) is 11.8 Å². The Morgan fingerprint density at radius 1 is 1.04 bits per heavy atom. The number of nitrogens with zero attached hydrogens (tertiary/aromatic N) is 4. The normalized spacial score (nSPS) is 30.2. The Morgan fingerprint density at radius 3 is 2.54 bits per heavy atom. The van der Waals surface area contributed by atoms with E-state index < -0.39 is 0 Å². The van der Waals surface area contributed by atoms with E-state index in [4.69, 9.17) is 4.99 Å². The van der Waals surface area contributed by atoms with Gasteiger partial charge in [0.1, 0.15) is 12.4 Å². The van der Waals surface area contributed by atoms with Crippen molar-refractivity contribution in [2.45, 2.75) is 76.9 Å². The van der Waals surface area contributed by atoms with Crippen LogP contribution in [0.5, 0.6) is 0 Å². The SMILES string of the molecule is Cc1nnc(CN=C(NC2CC2)NC2CCC3CCCC3C2)n1C. The van der Waals surface area contributed by atoms with Crippen LogP contribution in [0, 0.1) is 18.8 Å². The molecule has 2 N–H and O–H groups in total. The average Bonchev–Trinajstić information content (AvgIpc) is 3.17. The van der Waals surface area contributed by atoms with Crippen molar-refractivity contribution in [3.05, 3.63) is 11.6 Å². The van der Waals surface area contributed by atoms with E-state index in [1.54, 1.807) is 0 Å². The summed E-state index contributed by atoms with van der Waals surface area (Å²) in [7, 11) is 2.00. The van der Waals surface area contributed by atoms with Gasteiger partial charge in [0, 0.05) is 19.1 Å². The van der Waals surface area contributed by atoms with E-state index in [9.17, 15) is 0 Å². The van der Waals surface area contributed by atoms with Crippen molar-refractivity contribution in [1.82, 2.24) is 25.4 Å². The molecule has 3 atom stereocenters. The molecule has 0 aliphatic heterocycles. The first-order valence-corrected chi connectivity index (χ1v) is 9.61. The zero-order chi connectivity index (χ0) is 16.5. The molecule has 6 heteroatoms. The number of hydrogen-bond donors (Lipinski definition) is 2. The van der Waals surface area contributed by atoms with Crippen LogP contribution in [0.15, 0.2) is 4.99 Å². The summed E-state index contributed by atoms with van der Waals surface area (Å²) in [6.07, 6.45) is 10.9. The number of aliphatic imine (C=N–C) groups is 1. The Labute approximate surface area is 144 Å². The number of aromatic nitrogens is 3. The van der Waals surface area contributed by atoms with E-state index in [-0.39, 0.29) is 0 Å². The lowest BCUT2D eigenvalue weighted by atomic mass is 9.79. The Balaban J connectivity index is 1.39. The smallest absolute Gasteiger partial charge is 0.192 e. The summed E-state index contributed by atoms with van der Waals surface area (Å²) in [5, 5.41) is 15.6. The molecular formula is C18H30N6. The molecule has 0 bridgehead atoms. The van der Waals surface area contributed by atoms with Crippen LogP contribution in [0.1, 0.15) is 63.0 Å². The number of fused-ring (bicyclic) bond motifs is 1. The minimum absolute atomic E-state index is 0.579. The second-order valence-electron chi connectivity index (χ2n) is 7.91. The zero-order valence-corrected chi connectivity index (χ0v) is 15.0. The fourth-order valence-corrected chi connectivity index (χ4v) is 4.32. The Morgan fingerprint density at radius 2 is 1.79 bits per heavy atom. The van der Waals surface area contributed by atoms with Gasteiger partial charge in [-0.25, -0.2) is 4.99 Å². The number of hydrogen-bond acceptors (Lipinski definition) is 3. The summed E-state index contributed by atoms with van der Waals surface area (Å²) < 4.78 is 2.02. The van der Waals surface area contributed by atoms with Crippen LogP contribution in [-0.4, -0.2) is 32.8 Å². The van der Waals surface area contributed by atoms with E-state index in [0.717, 1.165) is 29.4 Å². The zero-order valence-electron chi connectivity index (χ0n) is 15.0. The predicted molar refractivity (Wildman–Crippen MR) is 94.6 cm³/mol. The fraction of sp³-hybridized carbons (Fsp3) is 0.833. The van der Waals surface area contributed by atoms with E-state index in [1.165, 1.54) is 51.4 Å². The molecule has 6 nitrogen and oxygen atoms in total. The second-order valence-corrected chi connectivity index (χ2v) is 7.91. The van der Waals surface area contributed by atoms with Crippen molar-refractivity contribution in [3.8, 4) is 0 Å². The summed E-state index contributed by atoms with van der Waals surface area (Å²) in [4.78, 5) is 4.80. The Hall–Kier alpha value is -1.59. The number of nitrogens with one attached hydrogen (secondary N) is 2. The van der Waals surface area contributed by atoms with Gasteiger partial charge >= 0.3 is 0 Å². The molecule has 132 valence electrons. The van der Waals surface area contributed by atoms with Crippen molar-refractivity contribution in [2.24, 2.45) is 23.9 Å². The first-order chi connectivity index (χ1) is 11.7. The van der Waals surface area contributed by atoms with E-state index in [2.05, 4.69) is 20.8 Å². The maximum absolute atomic E-state index is 4.80. The van der Waals surface area contributed by atoms with Gasteiger partial charge < -0.3 is 15.2 Å². The van der Waals surface area contributed by atoms with Crippen molar-refractivity contribution in [1.29, 1.82) is 0 Å². The molecule has 1 aromatic rings. The lowest BCUT2D eigenvalue weighted by Gasteiger charge is -2.33. The molecule has 0 radical (unpaired) electrons. The number of guanidine groups is 1. The Kier molecular flexibility index (Phi) is 4.46. The Bertz CT molecular complexity index is 603. The summed E-state index contributed by atoms with van der Waals surface area (Å²) in [5.41, 5.74) is 0. The highest BCUT2D eigenvalue weighted by Crippen LogP contribution is 2.42. The molecule has 24 heavy (non-hydrogen) atoms. The van der Waals surface area contributed by atoms with Crippen LogP contribution in [0.2, 0.25) is 0 Å². The quantitative estimate of drug-likeness (QED) is 0.656. The van der Waals surface area contributed by atoms with Crippen molar-refractivity contribution in [3.63, 3.8) is 0 Å². The van der Waals surface area contributed by atoms with Gasteiger partial charge in [-0.2, -0.15) is 0 Å². The van der Waals surface area contributed by atoms with Gasteiger partial charge in [0.25, 0.3) is 0 Å². The molecule has 3 unspecified atom stereocenters. The van der Waals surface area contributed by atoms with E-state index >= 15 is 0 Å². The molecular weight excluding hydrogens is 300 g/mol. The molecule has 0 saturated heterocycles. The van der Waals surface area contributed by atoms with Crippen LogP contribution in [-0.2, 0) is 13.6 Å². The van der Waals surface area contributed by atoms with Gasteiger partial charge in [0.05, 0.1) is 0 Å². The summed E-state index contributed by atoms with van der Waals surface area (Å²) >= 11 is 0. The largest absolute Gasteiger partial charge is 0.354 e. The lowest BCUT2D eigenvalue weighted by Crippen LogP contribution is -2.46. The molecule has 0 spiro atoms. The third kappa shape index (κ3) is 3.57. The molecule has 4 rings (SSSR count). The van der Waals surface area contributed by atoms with Gasteiger partial charge in [-0.1, -0.05) is 19.3 Å². The molecule has 0 amide bonds. The third-order valence-corrected chi connectivity index (χ3v) is 6.11. The predicted octanol–water partition coefficient (Wildman–Crippen LogP) is 2.29. The molecule has 3 saturated carbocycles. The van der Waals surface area contributed by atoms with Crippen LogP contribution >= 0.6 is 0 Å². The molecule has 0 aromatic carbocycles. The summed E-state index contributed by atoms with van der Waals surface area (Å²) in [6, 6.07) is 1.19. The van der Waals surface area contributed by atoms with Gasteiger partial charge in [-0.3, -0.25) is 0 Å². The lowest BCUT2D eigenvalue weighted by molar-refractivity contribution is 0.239. The van der Waals surface area contributed by atoms with Gasteiger partial charge in [-0.15, -0.1) is 10.2 Å². The minimum atomic E-state index is 0.579. The minimum Gasteiger partial charge on any atom is -0.354 e. The molecule has 3 fully saturated rings. The summed E-state index contributed by atoms with van der Waals surface area (Å²) in [6.45, 7) is 2.56. The maximum atomic E-state index is 4.80. The third-order valence-electron chi connectivity index (χ3n) is 6.11. The molecule has 3 aliphatic carbocycles. The molecule has 1 aromatic heterocycles. The highest BCUT2D eigenvalue weighted by Gasteiger charge is 2.34. The van der Waals surface area contributed by atoms with Crippen molar-refractivity contribution < 1.29 is 0 Å². The molecule has 1 heterocycles. The topological polar surface area (TPSA) is 67.1 Å². The van der Waals surface area contributed by atoms with Crippen LogP contribution < -0.4 is 10.6 Å². The van der Waals surface area contributed by atoms with Gasteiger partial charge in [-0.05, 0) is 50.9 Å². The maximum Gasteiger partial charge on any atom is 0.192 e.